The Balaban J connectivity index is 1.87. The molecule has 3 rings (SSSR count). The maximum atomic E-state index is 13.3. The quantitative estimate of drug-likeness (QED) is 0.619. The van der Waals surface area contributed by atoms with Crippen molar-refractivity contribution in [2.45, 2.75) is 84.6 Å². The minimum atomic E-state index is -0.980. The van der Waals surface area contributed by atoms with E-state index in [4.69, 9.17) is 0 Å². The number of carboxylic acids is 1. The molecule has 0 aromatic carbocycles. The average molecular weight is 416 g/mol. The molecule has 1 amide bonds. The van der Waals surface area contributed by atoms with Crippen molar-refractivity contribution in [3.63, 3.8) is 0 Å². The van der Waals surface area contributed by atoms with Crippen molar-refractivity contribution in [2.24, 2.45) is 17.8 Å². The first-order valence-corrected chi connectivity index (χ1v) is 11.9. The number of nitrogens with zero attached hydrogens (tertiary/aromatic N) is 1. The molecule has 1 aromatic heterocycles. The lowest BCUT2D eigenvalue weighted by Gasteiger charge is -2.33. The predicted molar refractivity (Wildman–Crippen MR) is 118 cm³/mol. The molecule has 0 unspecified atom stereocenters. The molecule has 0 atom stereocenters. The summed E-state index contributed by atoms with van der Waals surface area (Å²) in [5.74, 6) is 6.73. The number of rotatable bonds is 4. The minimum absolute atomic E-state index is 0.00748. The second-order valence-electron chi connectivity index (χ2n) is 8.99. The van der Waals surface area contributed by atoms with Crippen LogP contribution >= 0.6 is 11.3 Å². The van der Waals surface area contributed by atoms with E-state index in [2.05, 4.69) is 18.8 Å². The summed E-state index contributed by atoms with van der Waals surface area (Å²) in [6.07, 6.45) is 9.92. The van der Waals surface area contributed by atoms with Crippen molar-refractivity contribution in [1.29, 1.82) is 0 Å². The third kappa shape index (κ3) is 5.42. The summed E-state index contributed by atoms with van der Waals surface area (Å²) in [5.41, 5.74) is 0.522. The zero-order valence-corrected chi connectivity index (χ0v) is 18.7. The molecule has 2 fully saturated rings. The van der Waals surface area contributed by atoms with Gasteiger partial charge < -0.3 is 10.0 Å². The van der Waals surface area contributed by atoms with Crippen LogP contribution in [-0.2, 0) is 4.79 Å². The SMILES string of the molecule is CC1CCC(C(=O)N(c2cc(C#CC3CCCCC3)sc2C(=O)O)C(C)C)CC1. The van der Waals surface area contributed by atoms with Crippen LogP contribution in [0.3, 0.4) is 0 Å². The molecule has 5 heteroatoms. The van der Waals surface area contributed by atoms with Crippen LogP contribution in [0.4, 0.5) is 5.69 Å². The highest BCUT2D eigenvalue weighted by Gasteiger charge is 2.33. The van der Waals surface area contributed by atoms with E-state index in [-0.39, 0.29) is 22.7 Å². The van der Waals surface area contributed by atoms with E-state index in [1.54, 1.807) is 4.90 Å². The summed E-state index contributed by atoms with van der Waals surface area (Å²) >= 11 is 1.20. The number of carbonyl (C=O) groups excluding carboxylic acids is 1. The average Bonchev–Trinajstić information content (AvgIpc) is 3.11. The van der Waals surface area contributed by atoms with Gasteiger partial charge in [-0.3, -0.25) is 4.79 Å². The Morgan fingerprint density at radius 1 is 1.10 bits per heavy atom. The number of anilines is 1. The first-order valence-electron chi connectivity index (χ1n) is 11.1. The van der Waals surface area contributed by atoms with Crippen LogP contribution < -0.4 is 4.90 Å². The fraction of sp³-hybridized carbons (Fsp3) is 0.667. The molecule has 1 heterocycles. The summed E-state index contributed by atoms with van der Waals surface area (Å²) in [6, 6.07) is 1.74. The second kappa shape index (κ2) is 9.80. The first-order chi connectivity index (χ1) is 13.9. The van der Waals surface area contributed by atoms with Crippen molar-refractivity contribution in [1.82, 2.24) is 0 Å². The van der Waals surface area contributed by atoms with Crippen molar-refractivity contribution >= 4 is 28.9 Å². The summed E-state index contributed by atoms with van der Waals surface area (Å²) in [7, 11) is 0. The Hall–Kier alpha value is -1.80. The Labute approximate surface area is 178 Å². The van der Waals surface area contributed by atoms with Gasteiger partial charge in [-0.2, -0.15) is 0 Å². The number of thiophene rings is 1. The molecular formula is C24H33NO3S. The minimum Gasteiger partial charge on any atom is -0.477 e. The first kappa shape index (κ1) is 21.9. The van der Waals surface area contributed by atoms with E-state index in [0.717, 1.165) is 43.4 Å². The highest BCUT2D eigenvalue weighted by atomic mass is 32.1. The maximum Gasteiger partial charge on any atom is 0.348 e. The fourth-order valence-electron chi connectivity index (χ4n) is 4.55. The van der Waals surface area contributed by atoms with Gasteiger partial charge in [-0.05, 0) is 64.4 Å². The third-order valence-corrected chi connectivity index (χ3v) is 7.32. The van der Waals surface area contributed by atoms with Crippen LogP contribution in [0.2, 0.25) is 0 Å². The van der Waals surface area contributed by atoms with E-state index >= 15 is 0 Å². The molecule has 4 nitrogen and oxygen atoms in total. The number of carboxylic acid groups (broad SMARTS) is 1. The lowest BCUT2D eigenvalue weighted by atomic mass is 9.82. The topological polar surface area (TPSA) is 57.6 Å². The summed E-state index contributed by atoms with van der Waals surface area (Å²) in [6.45, 7) is 6.15. The molecule has 0 spiro atoms. The van der Waals surface area contributed by atoms with Gasteiger partial charge in [-0.1, -0.05) is 38.0 Å². The number of amides is 1. The molecule has 158 valence electrons. The van der Waals surface area contributed by atoms with Gasteiger partial charge in [-0.25, -0.2) is 4.79 Å². The van der Waals surface area contributed by atoms with Crippen LogP contribution in [0.5, 0.6) is 0 Å². The van der Waals surface area contributed by atoms with Crippen molar-refractivity contribution < 1.29 is 14.7 Å². The molecule has 0 bridgehead atoms. The van der Waals surface area contributed by atoms with Crippen molar-refractivity contribution in [3.05, 3.63) is 15.8 Å². The lowest BCUT2D eigenvalue weighted by Crippen LogP contribution is -2.42. The van der Waals surface area contributed by atoms with Crippen LogP contribution in [0.1, 0.15) is 93.1 Å². The highest BCUT2D eigenvalue weighted by molar-refractivity contribution is 7.15. The van der Waals surface area contributed by atoms with Crippen LogP contribution in [0.25, 0.3) is 0 Å². The van der Waals surface area contributed by atoms with Crippen LogP contribution in [0.15, 0.2) is 6.07 Å². The van der Waals surface area contributed by atoms with Gasteiger partial charge in [0.15, 0.2) is 0 Å². The van der Waals surface area contributed by atoms with Crippen molar-refractivity contribution in [2.75, 3.05) is 4.90 Å². The lowest BCUT2D eigenvalue weighted by molar-refractivity contribution is -0.123. The van der Waals surface area contributed by atoms with Gasteiger partial charge in [0.1, 0.15) is 4.88 Å². The van der Waals surface area contributed by atoms with E-state index < -0.39 is 5.97 Å². The van der Waals surface area contributed by atoms with E-state index in [0.29, 0.717) is 17.5 Å². The zero-order chi connectivity index (χ0) is 21.0. The van der Waals surface area contributed by atoms with Gasteiger partial charge in [-0.15, -0.1) is 11.3 Å². The van der Waals surface area contributed by atoms with Crippen molar-refractivity contribution in [3.8, 4) is 11.8 Å². The summed E-state index contributed by atoms with van der Waals surface area (Å²) < 4.78 is 0. The van der Waals surface area contributed by atoms with Crippen LogP contribution in [-0.4, -0.2) is 23.0 Å². The molecule has 2 saturated carbocycles. The standard InChI is InChI=1S/C24H33NO3S/c1-16(2)25(23(26)19-12-9-17(3)10-13-19)21-15-20(29-22(21)24(27)28)14-11-18-7-5-4-6-8-18/h15-19H,4-10,12-13H2,1-3H3,(H,27,28). The Bertz CT molecular complexity index is 787. The van der Waals surface area contributed by atoms with Gasteiger partial charge in [0.2, 0.25) is 5.91 Å². The molecule has 0 saturated heterocycles. The molecular weight excluding hydrogens is 382 g/mol. The molecule has 1 aromatic rings. The number of hydrogen-bond acceptors (Lipinski definition) is 3. The molecule has 2 aliphatic carbocycles. The fourth-order valence-corrected chi connectivity index (χ4v) is 5.40. The zero-order valence-electron chi connectivity index (χ0n) is 17.9. The van der Waals surface area contributed by atoms with E-state index in [1.807, 2.05) is 19.9 Å². The highest BCUT2D eigenvalue weighted by Crippen LogP contribution is 2.36. The molecule has 2 aliphatic rings. The normalized spacial score (nSPS) is 22.8. The Morgan fingerprint density at radius 2 is 1.76 bits per heavy atom. The molecule has 0 aliphatic heterocycles. The van der Waals surface area contributed by atoms with Gasteiger partial charge in [0.05, 0.1) is 10.6 Å². The number of carbonyl (C=O) groups is 2. The second-order valence-corrected chi connectivity index (χ2v) is 10.0. The number of aromatic carboxylic acids is 1. The largest absolute Gasteiger partial charge is 0.477 e. The van der Waals surface area contributed by atoms with E-state index in [1.165, 1.54) is 30.6 Å². The maximum absolute atomic E-state index is 13.3. The monoisotopic (exact) mass is 415 g/mol. The third-order valence-electron chi connectivity index (χ3n) is 6.29. The van der Waals surface area contributed by atoms with E-state index in [9.17, 15) is 14.7 Å². The smallest absolute Gasteiger partial charge is 0.348 e. The molecule has 0 radical (unpaired) electrons. The van der Waals surface area contributed by atoms with Gasteiger partial charge >= 0.3 is 5.97 Å². The van der Waals surface area contributed by atoms with Gasteiger partial charge in [0.25, 0.3) is 0 Å². The molecule has 1 N–H and O–H groups in total. The summed E-state index contributed by atoms with van der Waals surface area (Å²) in [4.78, 5) is 28.0. The molecule has 29 heavy (non-hydrogen) atoms. The predicted octanol–water partition coefficient (Wildman–Crippen LogP) is 5.95. The Kier molecular flexibility index (Phi) is 7.40. The summed E-state index contributed by atoms with van der Waals surface area (Å²) in [5, 5.41) is 9.78. The van der Waals surface area contributed by atoms with Crippen LogP contribution in [0, 0.1) is 29.6 Å². The Morgan fingerprint density at radius 3 is 2.34 bits per heavy atom. The number of hydrogen-bond donors (Lipinski definition) is 1. The van der Waals surface area contributed by atoms with Gasteiger partial charge in [0, 0.05) is 17.9 Å².